The molecule has 0 aromatic carbocycles. The van der Waals surface area contributed by atoms with Gasteiger partial charge in [0.2, 0.25) is 11.8 Å². The number of carbonyl (C=O) groups is 5. The summed E-state index contributed by atoms with van der Waals surface area (Å²) in [6.07, 6.45) is 1.41. The van der Waals surface area contributed by atoms with Crippen molar-refractivity contribution in [3.05, 3.63) is 0 Å². The van der Waals surface area contributed by atoms with E-state index < -0.39 is 5.91 Å². The van der Waals surface area contributed by atoms with E-state index in [9.17, 15) is 14.4 Å². The van der Waals surface area contributed by atoms with E-state index in [1.165, 1.54) is 4.90 Å². The van der Waals surface area contributed by atoms with Crippen LogP contribution < -0.4 is 5.32 Å². The molecule has 1 atom stereocenters. The molecule has 29 heavy (non-hydrogen) atoms. The van der Waals surface area contributed by atoms with Crippen LogP contribution in [-0.2, 0) is 24.0 Å². The van der Waals surface area contributed by atoms with Gasteiger partial charge in [-0.2, -0.15) is 0 Å². The topological polar surface area (TPSA) is 141 Å². The Morgan fingerprint density at radius 2 is 1.41 bits per heavy atom. The molecule has 9 heteroatoms. The third-order valence-corrected chi connectivity index (χ3v) is 2.64. The lowest BCUT2D eigenvalue weighted by molar-refractivity contribution is -0.138. The third-order valence-electron chi connectivity index (χ3n) is 2.64. The van der Waals surface area contributed by atoms with Crippen LogP contribution in [0.5, 0.6) is 0 Å². The van der Waals surface area contributed by atoms with E-state index in [0.717, 1.165) is 0 Å². The molecule has 0 aromatic rings. The predicted molar refractivity (Wildman–Crippen MR) is 123 cm³/mol. The highest BCUT2D eigenvalue weighted by Crippen LogP contribution is 2.07. The number of rotatable bonds is 10. The quantitative estimate of drug-likeness (QED) is 0.451. The van der Waals surface area contributed by atoms with E-state index in [-0.39, 0.29) is 89.2 Å². The normalized spacial score (nSPS) is 7.97. The van der Waals surface area contributed by atoms with Crippen LogP contribution in [0.2, 0.25) is 0 Å². The van der Waals surface area contributed by atoms with Crippen LogP contribution in [0, 0.1) is 0 Å². The minimum Gasteiger partial charge on any atom is -0.396 e. The number of hydrogen-bond acceptors (Lipinski definition) is 7. The summed E-state index contributed by atoms with van der Waals surface area (Å²) in [7, 11) is 0. The molecule has 0 fully saturated rings. The maximum absolute atomic E-state index is 11.9. The fourth-order valence-electron chi connectivity index (χ4n) is 1.57. The van der Waals surface area contributed by atoms with Crippen LogP contribution in [0.15, 0.2) is 0 Å². The Hall–Kier alpha value is -2.13. The highest BCUT2D eigenvalue weighted by molar-refractivity contribution is 5.85. The van der Waals surface area contributed by atoms with Crippen molar-refractivity contribution in [2.24, 2.45) is 0 Å². The summed E-state index contributed by atoms with van der Waals surface area (Å²) in [5.41, 5.74) is 0. The van der Waals surface area contributed by atoms with Crippen molar-refractivity contribution in [3.8, 4) is 0 Å². The summed E-state index contributed by atoms with van der Waals surface area (Å²) < 4.78 is 0. The van der Waals surface area contributed by atoms with Gasteiger partial charge in [0.25, 0.3) is 0 Å². The minimum absolute atomic E-state index is 0. The fraction of sp³-hybridized carbons (Fsp3) is 0.750. The van der Waals surface area contributed by atoms with E-state index in [4.69, 9.17) is 19.8 Å². The van der Waals surface area contributed by atoms with Crippen molar-refractivity contribution in [2.45, 2.75) is 76.8 Å². The molecule has 0 spiro atoms. The Morgan fingerprint density at radius 1 is 0.966 bits per heavy atom. The van der Waals surface area contributed by atoms with Crippen LogP contribution in [0.4, 0.5) is 0 Å². The Morgan fingerprint density at radius 3 is 1.76 bits per heavy atom. The number of aliphatic hydroxyl groups is 2. The summed E-state index contributed by atoms with van der Waals surface area (Å²) >= 11 is 0. The summed E-state index contributed by atoms with van der Waals surface area (Å²) in [6.45, 7) is 5.32. The number of aldehydes is 1. The molecule has 182 valence electrons. The Bertz CT molecular complexity index is 328. The van der Waals surface area contributed by atoms with E-state index in [2.05, 4.69) is 5.32 Å². The number of aliphatic hydroxyl groups excluding tert-OH is 2. The zero-order valence-corrected chi connectivity index (χ0v) is 13.4. The maximum atomic E-state index is 11.9. The molecule has 0 aliphatic rings. The lowest BCUT2D eigenvalue weighted by atomic mass is 10.1. The van der Waals surface area contributed by atoms with Crippen molar-refractivity contribution >= 4 is 31.7 Å². The van der Waals surface area contributed by atoms with Gasteiger partial charge in [-0.25, -0.2) is 0 Å². The highest BCUT2D eigenvalue weighted by atomic mass is 16.3. The molecule has 9 nitrogen and oxygen atoms in total. The van der Waals surface area contributed by atoms with E-state index in [0.29, 0.717) is 19.1 Å². The molecule has 0 aromatic heterocycles. The van der Waals surface area contributed by atoms with Gasteiger partial charge in [-0.1, -0.05) is 44.6 Å². The average molecular weight is 431 g/mol. The Labute approximate surface area is 179 Å². The van der Waals surface area contributed by atoms with Crippen molar-refractivity contribution in [3.63, 3.8) is 0 Å². The van der Waals surface area contributed by atoms with E-state index in [1.807, 2.05) is 13.6 Å². The van der Waals surface area contributed by atoms with Crippen molar-refractivity contribution < 1.29 is 34.2 Å². The smallest absolute Gasteiger partial charge is 0.239 e. The second-order valence-electron chi connectivity index (χ2n) is 4.18. The monoisotopic (exact) mass is 430 g/mol. The molecule has 1 unspecified atom stereocenters. The molecule has 0 rings (SSSR count). The highest BCUT2D eigenvalue weighted by Gasteiger charge is 2.21. The van der Waals surface area contributed by atoms with Gasteiger partial charge < -0.3 is 34.8 Å². The number of carbonyl (C=O) groups excluding carboxylic acids is 5. The molecule has 3 N–H and O–H groups in total. The van der Waals surface area contributed by atoms with Gasteiger partial charge in [-0.3, -0.25) is 9.59 Å². The standard InChI is InChI=1S/C12H22N2O5.2CH2O.6CH4/c1-10(4-7-16)14(12(19)3-2-6-15)9-11(18)13-5-8-17;2*1-2;;;;;;/h8,10,15-16H,2-7,9H2,1H3,(H,13,18);2*1H2;6*1H4. The van der Waals surface area contributed by atoms with Crippen LogP contribution in [0.25, 0.3) is 0 Å². The van der Waals surface area contributed by atoms with Gasteiger partial charge in [-0.05, 0) is 19.8 Å². The first-order valence-electron chi connectivity index (χ1n) is 6.86. The fourth-order valence-corrected chi connectivity index (χ4v) is 1.57. The van der Waals surface area contributed by atoms with Crippen molar-refractivity contribution in [1.29, 1.82) is 0 Å². The summed E-state index contributed by atoms with van der Waals surface area (Å²) in [5, 5.41) is 20.0. The molecule has 0 aliphatic heterocycles. The SMILES string of the molecule is C.C.C.C.C.C.C=O.C=O.CC(CCO)N(CC(=O)NCC=O)C(=O)CCCO. The zero-order valence-electron chi connectivity index (χ0n) is 13.4. The van der Waals surface area contributed by atoms with Gasteiger partial charge in [0.1, 0.15) is 19.9 Å². The van der Waals surface area contributed by atoms with E-state index >= 15 is 0 Å². The van der Waals surface area contributed by atoms with Gasteiger partial charge >= 0.3 is 0 Å². The van der Waals surface area contributed by atoms with Gasteiger partial charge in [0.15, 0.2) is 0 Å². The van der Waals surface area contributed by atoms with Gasteiger partial charge in [0.05, 0.1) is 13.1 Å². The summed E-state index contributed by atoms with van der Waals surface area (Å²) in [4.78, 5) is 50.9. The van der Waals surface area contributed by atoms with Crippen LogP contribution >= 0.6 is 0 Å². The second kappa shape index (κ2) is 44.9. The van der Waals surface area contributed by atoms with Crippen LogP contribution in [-0.4, -0.2) is 79.1 Å². The number of nitrogens with zero attached hydrogens (tertiary/aromatic N) is 1. The number of nitrogens with one attached hydrogen (secondary N) is 1. The average Bonchev–Trinajstić information content (AvgIpc) is 2.59. The first-order chi connectivity index (χ1) is 11.1. The largest absolute Gasteiger partial charge is 0.396 e. The minimum atomic E-state index is -0.422. The van der Waals surface area contributed by atoms with Crippen LogP contribution in [0.1, 0.15) is 70.7 Å². The number of hydrogen-bond donors (Lipinski definition) is 3. The molecule has 0 saturated heterocycles. The molecule has 0 saturated carbocycles. The maximum Gasteiger partial charge on any atom is 0.239 e. The molecule has 2 amide bonds. The molecule has 0 aliphatic carbocycles. The predicted octanol–water partition coefficient (Wildman–Crippen LogP) is 2.12. The lowest BCUT2D eigenvalue weighted by Gasteiger charge is -2.28. The third kappa shape index (κ3) is 33.8. The lowest BCUT2D eigenvalue weighted by Crippen LogP contribution is -2.46. The van der Waals surface area contributed by atoms with Crippen LogP contribution in [0.3, 0.4) is 0 Å². The Kier molecular flexibility index (Phi) is 87.3. The first kappa shape index (κ1) is 56.3. The molecular weight excluding hydrogens is 380 g/mol. The number of amides is 2. The second-order valence-corrected chi connectivity index (χ2v) is 4.18. The zero-order chi connectivity index (χ0) is 18.7. The van der Waals surface area contributed by atoms with Crippen molar-refractivity contribution in [2.75, 3.05) is 26.3 Å². The van der Waals surface area contributed by atoms with E-state index in [1.54, 1.807) is 6.92 Å². The molecule has 0 heterocycles. The molecular formula is C20H50N2O7. The Balaban J connectivity index is -0.0000000535. The van der Waals surface area contributed by atoms with Gasteiger partial charge in [0, 0.05) is 25.7 Å². The first-order valence-corrected chi connectivity index (χ1v) is 6.86. The summed E-state index contributed by atoms with van der Waals surface area (Å²) in [6, 6.07) is -0.279. The molecule has 0 bridgehead atoms. The van der Waals surface area contributed by atoms with Crippen molar-refractivity contribution in [1.82, 2.24) is 10.2 Å². The molecule has 0 radical (unpaired) electrons. The summed E-state index contributed by atoms with van der Waals surface area (Å²) in [5.74, 6) is -0.675. The van der Waals surface area contributed by atoms with Gasteiger partial charge in [-0.15, -0.1) is 0 Å².